The Labute approximate surface area is 148 Å². The minimum Gasteiger partial charge on any atom is -0.353 e. The van der Waals surface area contributed by atoms with Crippen molar-refractivity contribution in [1.82, 2.24) is 9.80 Å². The molecular formula is C19H26N4S. The number of benzene rings is 1. The zero-order chi connectivity index (χ0) is 17.1. The monoisotopic (exact) mass is 342 g/mol. The number of hydrogen-bond acceptors (Lipinski definition) is 5. The molecular weight excluding hydrogens is 316 g/mol. The summed E-state index contributed by atoms with van der Waals surface area (Å²) in [6, 6.07) is 10.6. The van der Waals surface area contributed by atoms with Crippen LogP contribution in [0.2, 0.25) is 0 Å². The highest BCUT2D eigenvalue weighted by Crippen LogP contribution is 2.39. The fourth-order valence-corrected chi connectivity index (χ4v) is 3.93. The van der Waals surface area contributed by atoms with Crippen molar-refractivity contribution in [2.45, 2.75) is 20.8 Å². The van der Waals surface area contributed by atoms with E-state index in [-0.39, 0.29) is 0 Å². The zero-order valence-corrected chi connectivity index (χ0v) is 15.8. The van der Waals surface area contributed by atoms with Gasteiger partial charge in [-0.3, -0.25) is 0 Å². The van der Waals surface area contributed by atoms with Crippen LogP contribution < -0.4 is 5.32 Å². The van der Waals surface area contributed by atoms with Gasteiger partial charge in [0.1, 0.15) is 10.8 Å². The molecule has 4 rings (SSSR count). The van der Waals surface area contributed by atoms with E-state index in [9.17, 15) is 0 Å². The van der Waals surface area contributed by atoms with E-state index in [2.05, 4.69) is 59.4 Å². The molecule has 4 nitrogen and oxygen atoms in total. The summed E-state index contributed by atoms with van der Waals surface area (Å²) < 4.78 is 0. The van der Waals surface area contributed by atoms with Gasteiger partial charge in [0.05, 0.1) is 16.9 Å². The van der Waals surface area contributed by atoms with E-state index >= 15 is 0 Å². The third-order valence-corrected chi connectivity index (χ3v) is 5.24. The number of amidine groups is 1. The number of likely N-dealkylation sites (N-methyl/N-ethyl adjacent to an activating group) is 1. The smallest absolute Gasteiger partial charge is 0.139 e. The lowest BCUT2D eigenvalue weighted by Crippen LogP contribution is -2.47. The lowest BCUT2D eigenvalue weighted by atomic mass is 10.2. The molecule has 0 bridgehead atoms. The lowest BCUT2D eigenvalue weighted by Gasteiger charge is -2.34. The minimum absolute atomic E-state index is 1.03. The second-order valence-electron chi connectivity index (χ2n) is 5.97. The quantitative estimate of drug-likeness (QED) is 0.766. The first kappa shape index (κ1) is 17.0. The highest BCUT2D eigenvalue weighted by atomic mass is 32.1. The van der Waals surface area contributed by atoms with Gasteiger partial charge in [-0.2, -0.15) is 0 Å². The Kier molecular flexibility index (Phi) is 5.21. The molecule has 1 N–H and O–H groups in total. The van der Waals surface area contributed by atoms with E-state index in [1.807, 2.05) is 13.8 Å². The molecule has 0 spiro atoms. The van der Waals surface area contributed by atoms with Gasteiger partial charge in [0.2, 0.25) is 0 Å². The van der Waals surface area contributed by atoms with Crippen molar-refractivity contribution >= 4 is 33.5 Å². The summed E-state index contributed by atoms with van der Waals surface area (Å²) >= 11 is 1.81. The maximum atomic E-state index is 5.01. The summed E-state index contributed by atoms with van der Waals surface area (Å²) in [6.07, 6.45) is 0. The fourth-order valence-electron chi connectivity index (χ4n) is 3.01. The highest BCUT2D eigenvalue weighted by Gasteiger charge is 2.25. The molecule has 24 heavy (non-hydrogen) atoms. The van der Waals surface area contributed by atoms with E-state index in [1.165, 1.54) is 15.4 Å². The second-order valence-corrected chi connectivity index (χ2v) is 7.22. The maximum absolute atomic E-state index is 5.01. The Hall–Kier alpha value is -1.85. The third-order valence-electron chi connectivity index (χ3n) is 4.28. The van der Waals surface area contributed by atoms with Crippen molar-refractivity contribution in [3.8, 4) is 0 Å². The van der Waals surface area contributed by atoms with Crippen LogP contribution in [-0.4, -0.2) is 48.9 Å². The van der Waals surface area contributed by atoms with Crippen LogP contribution in [0.1, 0.15) is 24.3 Å². The molecule has 5 heteroatoms. The van der Waals surface area contributed by atoms with Gasteiger partial charge in [-0.25, -0.2) is 4.99 Å². The summed E-state index contributed by atoms with van der Waals surface area (Å²) in [7, 11) is 2.18. The number of piperazine rings is 1. The number of nitrogens with one attached hydrogen (secondary N) is 1. The molecule has 2 aliphatic heterocycles. The number of aliphatic imine (C=N–C) groups is 1. The Morgan fingerprint density at radius 2 is 1.79 bits per heavy atom. The van der Waals surface area contributed by atoms with Gasteiger partial charge >= 0.3 is 0 Å². The number of para-hydroxylation sites is 2. The van der Waals surface area contributed by atoms with Gasteiger partial charge in [-0.1, -0.05) is 26.0 Å². The van der Waals surface area contributed by atoms with Crippen molar-refractivity contribution in [1.29, 1.82) is 0 Å². The molecule has 3 heterocycles. The van der Waals surface area contributed by atoms with Gasteiger partial charge in [0.25, 0.3) is 0 Å². The number of rotatable bonds is 0. The van der Waals surface area contributed by atoms with Crippen LogP contribution in [0.4, 0.5) is 16.4 Å². The first-order valence-electron chi connectivity index (χ1n) is 8.70. The minimum atomic E-state index is 1.03. The molecule has 1 aromatic carbocycles. The topological polar surface area (TPSA) is 30.9 Å². The van der Waals surface area contributed by atoms with E-state index in [4.69, 9.17) is 4.99 Å². The predicted octanol–water partition coefficient (Wildman–Crippen LogP) is 4.47. The van der Waals surface area contributed by atoms with Crippen LogP contribution in [-0.2, 0) is 0 Å². The van der Waals surface area contributed by atoms with Crippen molar-refractivity contribution in [2.24, 2.45) is 4.99 Å². The summed E-state index contributed by atoms with van der Waals surface area (Å²) in [5, 5.41) is 4.78. The standard InChI is InChI=1S/C17H20N4S.C2H6/c1-12-11-13-16(21-9-7-20(2)8-10-21)18-14-5-3-4-6-15(14)19-17(13)22-12;1-2/h3-6,11,19H,7-10H2,1-2H3;1-2H3. The first-order chi connectivity index (χ1) is 11.7. The van der Waals surface area contributed by atoms with Crippen LogP contribution in [0.15, 0.2) is 35.3 Å². The molecule has 2 aliphatic rings. The second kappa shape index (κ2) is 7.36. The molecule has 1 fully saturated rings. The number of anilines is 2. The number of fused-ring (bicyclic) bond motifs is 2. The molecule has 1 aromatic heterocycles. The summed E-state index contributed by atoms with van der Waals surface area (Å²) in [6.45, 7) is 10.4. The molecule has 1 saturated heterocycles. The van der Waals surface area contributed by atoms with Crippen LogP contribution in [0, 0.1) is 6.92 Å². The molecule has 0 atom stereocenters. The zero-order valence-electron chi connectivity index (χ0n) is 15.0. The summed E-state index contributed by atoms with van der Waals surface area (Å²) in [5.41, 5.74) is 3.36. The fraction of sp³-hybridized carbons (Fsp3) is 0.421. The van der Waals surface area contributed by atoms with Crippen molar-refractivity contribution in [3.05, 3.63) is 40.8 Å². The van der Waals surface area contributed by atoms with Gasteiger partial charge in [0, 0.05) is 31.1 Å². The van der Waals surface area contributed by atoms with Crippen molar-refractivity contribution in [2.75, 3.05) is 38.5 Å². The van der Waals surface area contributed by atoms with Crippen LogP contribution in [0.25, 0.3) is 0 Å². The van der Waals surface area contributed by atoms with E-state index < -0.39 is 0 Å². The predicted molar refractivity (Wildman–Crippen MR) is 105 cm³/mol. The van der Waals surface area contributed by atoms with Gasteiger partial charge in [-0.15, -0.1) is 11.3 Å². The molecule has 0 radical (unpaired) electrons. The number of thiophene rings is 1. The van der Waals surface area contributed by atoms with Crippen molar-refractivity contribution in [3.63, 3.8) is 0 Å². The first-order valence-corrected chi connectivity index (χ1v) is 9.51. The molecule has 0 unspecified atom stereocenters. The largest absolute Gasteiger partial charge is 0.353 e. The summed E-state index contributed by atoms with van der Waals surface area (Å²) in [4.78, 5) is 11.1. The SMILES string of the molecule is CC.Cc1cc2c(s1)Nc1ccccc1N=C2N1CCN(C)CC1. The number of nitrogens with zero attached hydrogens (tertiary/aromatic N) is 3. The molecule has 128 valence electrons. The third kappa shape index (κ3) is 3.32. The van der Waals surface area contributed by atoms with E-state index in [0.29, 0.717) is 0 Å². The van der Waals surface area contributed by atoms with E-state index in [1.54, 1.807) is 11.3 Å². The van der Waals surface area contributed by atoms with Crippen molar-refractivity contribution < 1.29 is 0 Å². The lowest BCUT2D eigenvalue weighted by molar-refractivity contribution is 0.216. The Morgan fingerprint density at radius 1 is 1.08 bits per heavy atom. The number of hydrogen-bond donors (Lipinski definition) is 1. The van der Waals surface area contributed by atoms with Crippen LogP contribution >= 0.6 is 11.3 Å². The molecule has 0 saturated carbocycles. The van der Waals surface area contributed by atoms with Gasteiger partial charge in [-0.05, 0) is 32.2 Å². The number of aryl methyl sites for hydroxylation is 1. The van der Waals surface area contributed by atoms with Gasteiger partial charge < -0.3 is 15.1 Å². The molecule has 0 aliphatic carbocycles. The maximum Gasteiger partial charge on any atom is 0.139 e. The average molecular weight is 343 g/mol. The van der Waals surface area contributed by atoms with Crippen LogP contribution in [0.3, 0.4) is 0 Å². The Balaban J connectivity index is 0.000000815. The van der Waals surface area contributed by atoms with Gasteiger partial charge in [0.15, 0.2) is 0 Å². The Morgan fingerprint density at radius 3 is 2.54 bits per heavy atom. The highest BCUT2D eigenvalue weighted by molar-refractivity contribution is 7.16. The molecule has 2 aromatic rings. The Bertz CT molecular complexity index is 727. The molecule has 0 amide bonds. The summed E-state index contributed by atoms with van der Waals surface area (Å²) in [5.74, 6) is 1.12. The average Bonchev–Trinajstić information content (AvgIpc) is 2.89. The van der Waals surface area contributed by atoms with Crippen LogP contribution in [0.5, 0.6) is 0 Å². The van der Waals surface area contributed by atoms with E-state index in [0.717, 1.165) is 43.4 Å². The normalized spacial score (nSPS) is 16.8.